The topological polar surface area (TPSA) is 54.2 Å². The van der Waals surface area contributed by atoms with E-state index in [1.807, 2.05) is 6.92 Å². The highest BCUT2D eigenvalue weighted by atomic mass is 19.1. The maximum Gasteiger partial charge on any atom is 0.161 e. The summed E-state index contributed by atoms with van der Waals surface area (Å²) < 4.78 is 15.9. The predicted octanol–water partition coefficient (Wildman–Crippen LogP) is 2.74. The van der Waals surface area contributed by atoms with Crippen molar-refractivity contribution in [2.45, 2.75) is 45.3 Å². The molecule has 5 nitrogen and oxygen atoms in total. The Morgan fingerprint density at radius 1 is 1.28 bits per heavy atom. The van der Waals surface area contributed by atoms with Crippen LogP contribution in [0.5, 0.6) is 0 Å². The van der Waals surface area contributed by atoms with Crippen molar-refractivity contribution in [3.05, 3.63) is 35.9 Å². The van der Waals surface area contributed by atoms with Crippen molar-refractivity contribution < 1.29 is 9.50 Å². The van der Waals surface area contributed by atoms with Gasteiger partial charge in [-0.2, -0.15) is 5.10 Å². The maximum atomic E-state index is 14.2. The lowest BCUT2D eigenvalue weighted by molar-refractivity contribution is 0.145. The van der Waals surface area contributed by atoms with Crippen LogP contribution < -0.4 is 0 Å². The lowest BCUT2D eigenvalue weighted by Gasteiger charge is -2.28. The molecule has 0 radical (unpaired) electrons. The molecule has 6 heteroatoms. The summed E-state index contributed by atoms with van der Waals surface area (Å²) in [5.41, 5.74) is 0.438. The first-order valence-electron chi connectivity index (χ1n) is 9.12. The molecule has 136 valence electrons. The summed E-state index contributed by atoms with van der Waals surface area (Å²) in [4.78, 5) is 6.97. The minimum Gasteiger partial charge on any atom is -0.391 e. The summed E-state index contributed by atoms with van der Waals surface area (Å²) in [6.45, 7) is 4.45. The van der Waals surface area contributed by atoms with Gasteiger partial charge in [0.15, 0.2) is 11.6 Å². The highest BCUT2D eigenvalue weighted by Gasteiger charge is 2.22. The summed E-state index contributed by atoms with van der Waals surface area (Å²) in [7, 11) is 2.14. The van der Waals surface area contributed by atoms with E-state index in [1.54, 1.807) is 22.9 Å². The monoisotopic (exact) mass is 346 g/mol. The summed E-state index contributed by atoms with van der Waals surface area (Å²) in [6, 6.07) is 6.61. The van der Waals surface area contributed by atoms with Gasteiger partial charge < -0.3 is 10.0 Å². The molecule has 25 heavy (non-hydrogen) atoms. The standard InChI is InChI=1S/C19H27FN4O/c1-3-15(25)13-24-19(16-6-4-5-7-17(16)20)21-18(22-24)12-14-8-10-23(2)11-9-14/h4-7,14-15,25H,3,8-13H2,1-2H3/t15-/m0/s1. The van der Waals surface area contributed by atoms with Crippen LogP contribution in [0.4, 0.5) is 4.39 Å². The molecule has 0 aliphatic carbocycles. The molecule has 1 atom stereocenters. The molecular formula is C19H27FN4O. The van der Waals surface area contributed by atoms with Gasteiger partial charge in [0.1, 0.15) is 5.82 Å². The molecule has 1 fully saturated rings. The lowest BCUT2D eigenvalue weighted by Crippen LogP contribution is -2.31. The van der Waals surface area contributed by atoms with E-state index in [0.717, 1.165) is 38.2 Å². The Bertz CT molecular complexity index is 694. The molecule has 0 spiro atoms. The summed E-state index contributed by atoms with van der Waals surface area (Å²) in [6.07, 6.45) is 3.20. The van der Waals surface area contributed by atoms with Crippen molar-refractivity contribution in [2.75, 3.05) is 20.1 Å². The van der Waals surface area contributed by atoms with Gasteiger partial charge in [-0.15, -0.1) is 0 Å². The Morgan fingerprint density at radius 3 is 2.68 bits per heavy atom. The fourth-order valence-electron chi connectivity index (χ4n) is 3.30. The molecule has 0 amide bonds. The van der Waals surface area contributed by atoms with Gasteiger partial charge in [-0.05, 0) is 57.5 Å². The maximum absolute atomic E-state index is 14.2. The first-order valence-corrected chi connectivity index (χ1v) is 9.12. The number of piperidine rings is 1. The van der Waals surface area contributed by atoms with Gasteiger partial charge >= 0.3 is 0 Å². The average Bonchev–Trinajstić information content (AvgIpc) is 2.99. The van der Waals surface area contributed by atoms with Crippen molar-refractivity contribution in [2.24, 2.45) is 5.92 Å². The molecule has 1 aliphatic heterocycles. The molecule has 0 saturated carbocycles. The van der Waals surface area contributed by atoms with Crippen LogP contribution in [-0.4, -0.2) is 51.0 Å². The van der Waals surface area contributed by atoms with E-state index in [0.29, 0.717) is 30.3 Å². The zero-order chi connectivity index (χ0) is 17.8. The van der Waals surface area contributed by atoms with Crippen molar-refractivity contribution >= 4 is 0 Å². The van der Waals surface area contributed by atoms with Crippen molar-refractivity contribution in [1.29, 1.82) is 0 Å². The molecular weight excluding hydrogens is 319 g/mol. The van der Waals surface area contributed by atoms with E-state index in [9.17, 15) is 9.50 Å². The molecule has 1 aromatic heterocycles. The molecule has 2 heterocycles. The second-order valence-electron chi connectivity index (χ2n) is 7.03. The van der Waals surface area contributed by atoms with Gasteiger partial charge in [-0.3, -0.25) is 0 Å². The molecule has 1 saturated heterocycles. The van der Waals surface area contributed by atoms with Gasteiger partial charge in [0.05, 0.1) is 18.2 Å². The van der Waals surface area contributed by atoms with Crippen LogP contribution in [0.3, 0.4) is 0 Å². The third-order valence-electron chi connectivity index (χ3n) is 4.99. The lowest BCUT2D eigenvalue weighted by atomic mass is 9.94. The predicted molar refractivity (Wildman–Crippen MR) is 95.6 cm³/mol. The normalized spacial score (nSPS) is 17.8. The van der Waals surface area contributed by atoms with Crippen LogP contribution in [-0.2, 0) is 13.0 Å². The van der Waals surface area contributed by atoms with Gasteiger partial charge in [0, 0.05) is 6.42 Å². The van der Waals surface area contributed by atoms with Crippen LogP contribution in [0.1, 0.15) is 32.0 Å². The largest absolute Gasteiger partial charge is 0.391 e. The number of benzene rings is 1. The van der Waals surface area contributed by atoms with Gasteiger partial charge in [0.25, 0.3) is 0 Å². The van der Waals surface area contributed by atoms with Gasteiger partial charge in [0.2, 0.25) is 0 Å². The number of hydrogen-bond donors (Lipinski definition) is 1. The Kier molecular flexibility index (Phi) is 5.81. The number of halogens is 1. The molecule has 0 unspecified atom stereocenters. The highest BCUT2D eigenvalue weighted by Crippen LogP contribution is 2.24. The van der Waals surface area contributed by atoms with Crippen molar-refractivity contribution in [1.82, 2.24) is 19.7 Å². The van der Waals surface area contributed by atoms with Gasteiger partial charge in [-0.25, -0.2) is 14.1 Å². The Hall–Kier alpha value is -1.79. The minimum absolute atomic E-state index is 0.312. The summed E-state index contributed by atoms with van der Waals surface area (Å²) in [5.74, 6) is 1.51. The molecule has 1 N–H and O–H groups in total. The fourth-order valence-corrected chi connectivity index (χ4v) is 3.30. The van der Waals surface area contributed by atoms with Crippen molar-refractivity contribution in [3.63, 3.8) is 0 Å². The molecule has 1 aromatic carbocycles. The zero-order valence-corrected chi connectivity index (χ0v) is 15.0. The van der Waals surface area contributed by atoms with E-state index >= 15 is 0 Å². The molecule has 1 aliphatic rings. The first-order chi connectivity index (χ1) is 12.1. The Balaban J connectivity index is 1.85. The van der Waals surface area contributed by atoms with E-state index in [2.05, 4.69) is 22.0 Å². The minimum atomic E-state index is -0.511. The SMILES string of the molecule is CC[C@H](O)Cn1nc(CC2CCN(C)CC2)nc1-c1ccccc1F. The number of rotatable bonds is 6. The second kappa shape index (κ2) is 8.06. The Labute approximate surface area is 148 Å². The number of aliphatic hydroxyl groups is 1. The number of aliphatic hydroxyl groups excluding tert-OH is 1. The Morgan fingerprint density at radius 2 is 2.00 bits per heavy atom. The fraction of sp³-hybridized carbons (Fsp3) is 0.579. The number of aromatic nitrogens is 3. The number of nitrogens with zero attached hydrogens (tertiary/aromatic N) is 4. The van der Waals surface area contributed by atoms with Crippen molar-refractivity contribution in [3.8, 4) is 11.4 Å². The van der Waals surface area contributed by atoms with E-state index in [4.69, 9.17) is 0 Å². The van der Waals surface area contributed by atoms with E-state index in [-0.39, 0.29) is 5.82 Å². The average molecular weight is 346 g/mol. The number of hydrogen-bond acceptors (Lipinski definition) is 4. The molecule has 2 aromatic rings. The van der Waals surface area contributed by atoms with E-state index < -0.39 is 6.10 Å². The molecule has 0 bridgehead atoms. The van der Waals surface area contributed by atoms with Crippen LogP contribution >= 0.6 is 0 Å². The quantitative estimate of drug-likeness (QED) is 0.874. The van der Waals surface area contributed by atoms with Crippen LogP contribution in [0, 0.1) is 11.7 Å². The summed E-state index contributed by atoms with van der Waals surface area (Å²) >= 11 is 0. The van der Waals surface area contributed by atoms with E-state index in [1.165, 1.54) is 6.07 Å². The van der Waals surface area contributed by atoms with Crippen LogP contribution in [0.25, 0.3) is 11.4 Å². The number of likely N-dealkylation sites (tertiary alicyclic amines) is 1. The molecule has 3 rings (SSSR count). The third kappa shape index (κ3) is 4.44. The smallest absolute Gasteiger partial charge is 0.161 e. The van der Waals surface area contributed by atoms with Crippen LogP contribution in [0.15, 0.2) is 24.3 Å². The highest BCUT2D eigenvalue weighted by molar-refractivity contribution is 5.56. The third-order valence-corrected chi connectivity index (χ3v) is 4.99. The van der Waals surface area contributed by atoms with Gasteiger partial charge in [-0.1, -0.05) is 19.1 Å². The summed E-state index contributed by atoms with van der Waals surface area (Å²) in [5, 5.41) is 14.6. The zero-order valence-electron chi connectivity index (χ0n) is 15.0. The second-order valence-corrected chi connectivity index (χ2v) is 7.03. The first kappa shape index (κ1) is 18.0. The van der Waals surface area contributed by atoms with Crippen LogP contribution in [0.2, 0.25) is 0 Å².